The Morgan fingerprint density at radius 3 is 2.68 bits per heavy atom. The van der Waals surface area contributed by atoms with E-state index in [1.165, 1.54) is 12.3 Å². The second-order valence-corrected chi connectivity index (χ2v) is 6.73. The average Bonchev–Trinajstić information content (AvgIpc) is 2.65. The number of nitrogens with one attached hydrogen (secondary N) is 1. The molecule has 0 bridgehead atoms. The van der Waals surface area contributed by atoms with Crippen LogP contribution in [0.3, 0.4) is 0 Å². The number of hydrogen-bond donors (Lipinski definition) is 3. The zero-order valence-electron chi connectivity index (χ0n) is 15.0. The van der Waals surface area contributed by atoms with E-state index >= 15 is 0 Å². The fourth-order valence-electron chi connectivity index (χ4n) is 2.77. The van der Waals surface area contributed by atoms with Crippen LogP contribution < -0.4 is 16.8 Å². The summed E-state index contributed by atoms with van der Waals surface area (Å²) in [7, 11) is 0. The summed E-state index contributed by atoms with van der Waals surface area (Å²) in [6.07, 6.45) is 2.00. The van der Waals surface area contributed by atoms with E-state index in [9.17, 15) is 9.18 Å². The molecule has 28 heavy (non-hydrogen) atoms. The number of amides is 1. The van der Waals surface area contributed by atoms with Crippen molar-refractivity contribution in [1.82, 2.24) is 15.3 Å². The summed E-state index contributed by atoms with van der Waals surface area (Å²) in [5, 5.41) is 3.59. The van der Waals surface area contributed by atoms with E-state index in [1.807, 2.05) is 24.3 Å². The van der Waals surface area contributed by atoms with Gasteiger partial charge in [-0.15, -0.1) is 0 Å². The van der Waals surface area contributed by atoms with Gasteiger partial charge in [0.1, 0.15) is 5.82 Å². The van der Waals surface area contributed by atoms with Crippen LogP contribution in [0.1, 0.15) is 32.9 Å². The summed E-state index contributed by atoms with van der Waals surface area (Å²) in [4.78, 5) is 19.5. The quantitative estimate of drug-likeness (QED) is 0.566. The monoisotopic (exact) mass is 399 g/mol. The number of carbonyl (C=O) groups excluding carboxylic acids is 1. The number of anilines is 1. The van der Waals surface area contributed by atoms with Crippen LogP contribution in [0.4, 0.5) is 10.2 Å². The maximum atomic E-state index is 13.8. The number of nitrogens with two attached hydrogens (primary N) is 2. The first-order valence-corrected chi connectivity index (χ1v) is 8.94. The van der Waals surface area contributed by atoms with Gasteiger partial charge in [0.15, 0.2) is 11.5 Å². The van der Waals surface area contributed by atoms with Crippen molar-refractivity contribution in [3.05, 3.63) is 87.6 Å². The molecule has 0 fully saturated rings. The molecule has 0 radical (unpaired) electrons. The van der Waals surface area contributed by atoms with Gasteiger partial charge in [0.2, 0.25) is 0 Å². The minimum absolute atomic E-state index is 0.0173. The molecule has 3 aromatic rings. The van der Waals surface area contributed by atoms with Crippen LogP contribution in [0.2, 0.25) is 5.02 Å². The summed E-state index contributed by atoms with van der Waals surface area (Å²) < 4.78 is 13.8. The highest BCUT2D eigenvalue weighted by atomic mass is 35.5. The lowest BCUT2D eigenvalue weighted by atomic mass is 10.1. The summed E-state index contributed by atoms with van der Waals surface area (Å²) >= 11 is 5.76. The third-order valence-electron chi connectivity index (χ3n) is 4.12. The van der Waals surface area contributed by atoms with Crippen LogP contribution in [0.5, 0.6) is 0 Å². The summed E-state index contributed by atoms with van der Waals surface area (Å²) in [6.45, 7) is 0.953. The highest BCUT2D eigenvalue weighted by Gasteiger charge is 2.11. The van der Waals surface area contributed by atoms with Crippen molar-refractivity contribution in [2.45, 2.75) is 19.5 Å². The van der Waals surface area contributed by atoms with Gasteiger partial charge in [0.05, 0.1) is 11.9 Å². The van der Waals surface area contributed by atoms with Crippen molar-refractivity contribution < 1.29 is 9.18 Å². The van der Waals surface area contributed by atoms with E-state index in [0.29, 0.717) is 35.8 Å². The lowest BCUT2D eigenvalue weighted by Gasteiger charge is -2.09. The van der Waals surface area contributed by atoms with Gasteiger partial charge in [-0.2, -0.15) is 0 Å². The Morgan fingerprint density at radius 1 is 1.14 bits per heavy atom. The molecule has 0 saturated heterocycles. The van der Waals surface area contributed by atoms with Crippen molar-refractivity contribution in [3.8, 4) is 0 Å². The highest BCUT2D eigenvalue weighted by molar-refractivity contribution is 6.30. The predicted molar refractivity (Wildman–Crippen MR) is 106 cm³/mol. The molecule has 0 aliphatic heterocycles. The van der Waals surface area contributed by atoms with E-state index in [1.54, 1.807) is 12.1 Å². The van der Waals surface area contributed by atoms with Crippen LogP contribution in [0.15, 0.2) is 48.7 Å². The molecular weight excluding hydrogens is 381 g/mol. The SMILES string of the molecule is NC(=O)c1nc(Cc2cccc(CNCc3ccc(Cl)cc3F)c2)cnc1N. The van der Waals surface area contributed by atoms with E-state index < -0.39 is 5.91 Å². The van der Waals surface area contributed by atoms with Gasteiger partial charge in [-0.1, -0.05) is 41.9 Å². The smallest absolute Gasteiger partial charge is 0.271 e. The molecule has 3 rings (SSSR count). The molecule has 2 aromatic carbocycles. The van der Waals surface area contributed by atoms with Gasteiger partial charge < -0.3 is 16.8 Å². The Kier molecular flexibility index (Phi) is 6.18. The van der Waals surface area contributed by atoms with Crippen molar-refractivity contribution in [2.75, 3.05) is 5.73 Å². The molecule has 0 aliphatic carbocycles. The largest absolute Gasteiger partial charge is 0.382 e. The van der Waals surface area contributed by atoms with Crippen molar-refractivity contribution in [3.63, 3.8) is 0 Å². The van der Waals surface area contributed by atoms with Crippen LogP contribution in [0.25, 0.3) is 0 Å². The Hall–Kier alpha value is -3.03. The third kappa shape index (κ3) is 5.03. The van der Waals surface area contributed by atoms with E-state index in [4.69, 9.17) is 23.1 Å². The normalized spacial score (nSPS) is 10.8. The topological polar surface area (TPSA) is 107 Å². The molecule has 0 atom stereocenters. The number of nitrogen functional groups attached to an aromatic ring is 1. The maximum Gasteiger partial charge on any atom is 0.271 e. The minimum atomic E-state index is -0.709. The summed E-state index contributed by atoms with van der Waals surface area (Å²) in [5.74, 6) is -1.02. The second-order valence-electron chi connectivity index (χ2n) is 6.30. The molecule has 0 unspecified atom stereocenters. The van der Waals surface area contributed by atoms with Crippen LogP contribution >= 0.6 is 11.6 Å². The minimum Gasteiger partial charge on any atom is -0.382 e. The maximum absolute atomic E-state index is 13.8. The highest BCUT2D eigenvalue weighted by Crippen LogP contribution is 2.15. The number of benzene rings is 2. The van der Waals surface area contributed by atoms with Gasteiger partial charge in [-0.25, -0.2) is 14.4 Å². The van der Waals surface area contributed by atoms with E-state index in [-0.39, 0.29) is 17.3 Å². The Labute approximate surface area is 166 Å². The molecule has 0 saturated carbocycles. The van der Waals surface area contributed by atoms with Gasteiger partial charge in [-0.05, 0) is 23.3 Å². The van der Waals surface area contributed by atoms with E-state index in [0.717, 1.165) is 11.1 Å². The van der Waals surface area contributed by atoms with Gasteiger partial charge in [0, 0.05) is 30.1 Å². The van der Waals surface area contributed by atoms with Crippen molar-refractivity contribution in [2.24, 2.45) is 5.73 Å². The van der Waals surface area contributed by atoms with Gasteiger partial charge in [0.25, 0.3) is 5.91 Å². The molecular formula is C20H19ClFN5O. The number of halogens is 2. The number of nitrogens with zero attached hydrogens (tertiary/aromatic N) is 2. The first kappa shape index (κ1) is 19.7. The van der Waals surface area contributed by atoms with Crippen LogP contribution in [0, 0.1) is 5.82 Å². The molecule has 1 heterocycles. The molecule has 1 aromatic heterocycles. The molecule has 1 amide bonds. The standard InChI is InChI=1S/C20H19ClFN5O/c21-15-5-4-14(17(22)8-15)10-25-9-13-3-1-2-12(6-13)7-16-11-26-19(23)18(27-16)20(24)28/h1-6,8,11,25H,7,9-10H2,(H2,23,26)(H2,24,28). The summed E-state index contributed by atoms with van der Waals surface area (Å²) in [6, 6.07) is 12.5. The van der Waals surface area contributed by atoms with Crippen LogP contribution in [-0.4, -0.2) is 15.9 Å². The zero-order chi connectivity index (χ0) is 20.1. The Balaban J connectivity index is 1.64. The number of carbonyl (C=O) groups is 1. The van der Waals surface area contributed by atoms with Gasteiger partial charge in [-0.3, -0.25) is 4.79 Å². The molecule has 8 heteroatoms. The fraction of sp³-hybridized carbons (Fsp3) is 0.150. The second kappa shape index (κ2) is 8.77. The van der Waals surface area contributed by atoms with Crippen LogP contribution in [-0.2, 0) is 19.5 Å². The molecule has 144 valence electrons. The zero-order valence-corrected chi connectivity index (χ0v) is 15.7. The average molecular weight is 400 g/mol. The summed E-state index contributed by atoms with van der Waals surface area (Å²) in [5.41, 5.74) is 14.0. The number of aromatic nitrogens is 2. The first-order valence-electron chi connectivity index (χ1n) is 8.56. The van der Waals surface area contributed by atoms with Gasteiger partial charge >= 0.3 is 0 Å². The molecule has 0 aliphatic rings. The Morgan fingerprint density at radius 2 is 1.93 bits per heavy atom. The first-order chi connectivity index (χ1) is 13.4. The van der Waals surface area contributed by atoms with E-state index in [2.05, 4.69) is 15.3 Å². The molecule has 0 spiro atoms. The lowest BCUT2D eigenvalue weighted by molar-refractivity contribution is 0.0996. The van der Waals surface area contributed by atoms with Crippen molar-refractivity contribution in [1.29, 1.82) is 0 Å². The van der Waals surface area contributed by atoms with Crippen molar-refractivity contribution >= 4 is 23.3 Å². The lowest BCUT2D eigenvalue weighted by Crippen LogP contribution is -2.17. The fourth-order valence-corrected chi connectivity index (χ4v) is 2.93. The third-order valence-corrected chi connectivity index (χ3v) is 4.36. The number of primary amides is 1. The number of hydrogen-bond acceptors (Lipinski definition) is 5. The number of rotatable bonds is 7. The Bertz CT molecular complexity index is 1010. The predicted octanol–water partition coefficient (Wildman–Crippen LogP) is 2.83. The molecule has 5 N–H and O–H groups in total. The molecule has 6 nitrogen and oxygen atoms in total.